The predicted molar refractivity (Wildman–Crippen MR) is 96.5 cm³/mol. The zero-order valence-corrected chi connectivity index (χ0v) is 14.2. The number of aromatic nitrogens is 2. The number of hydrogen-bond acceptors (Lipinski definition) is 4. The Balaban J connectivity index is 1.53. The molecule has 0 bridgehead atoms. The summed E-state index contributed by atoms with van der Waals surface area (Å²) in [6.45, 7) is 1.02. The molecule has 0 saturated heterocycles. The normalized spacial score (nSPS) is 15.3. The molecule has 1 saturated carbocycles. The van der Waals surface area contributed by atoms with Crippen LogP contribution in [0, 0.1) is 5.92 Å². The number of fused-ring (bicyclic) bond motifs is 1. The Morgan fingerprint density at radius 1 is 1.23 bits per heavy atom. The number of ether oxygens (including phenoxy) is 1. The summed E-state index contributed by atoms with van der Waals surface area (Å²) < 4.78 is 7.32. The van der Waals surface area contributed by atoms with Crippen LogP contribution in [0.15, 0.2) is 48.7 Å². The number of carboxylic acids is 1. The first-order valence-electron chi connectivity index (χ1n) is 8.69. The fourth-order valence-corrected chi connectivity index (χ4v) is 2.94. The highest BCUT2D eigenvalue weighted by Gasteiger charge is 2.22. The molecule has 1 heterocycles. The second-order valence-corrected chi connectivity index (χ2v) is 6.72. The molecule has 26 heavy (non-hydrogen) atoms. The van der Waals surface area contributed by atoms with Gasteiger partial charge in [0, 0.05) is 12.0 Å². The third kappa shape index (κ3) is 3.47. The number of rotatable bonds is 7. The molecule has 1 aliphatic carbocycles. The third-order valence-electron chi connectivity index (χ3n) is 4.66. The first-order chi connectivity index (χ1) is 12.6. The van der Waals surface area contributed by atoms with Crippen molar-refractivity contribution in [2.45, 2.75) is 18.9 Å². The second kappa shape index (κ2) is 6.90. The number of nitrogens with zero attached hydrogens (tertiary/aromatic N) is 2. The molecule has 4 rings (SSSR count). The first kappa shape index (κ1) is 16.8. The van der Waals surface area contributed by atoms with E-state index in [9.17, 15) is 9.90 Å². The molecule has 0 spiro atoms. The van der Waals surface area contributed by atoms with Crippen LogP contribution in [0.4, 0.5) is 0 Å². The highest BCUT2D eigenvalue weighted by atomic mass is 16.5. The SMILES string of the molecule is O=C(O)c1ccc(-n2ncc3cc([C@@H](O)COCC4CC4)ccc32)cc1. The maximum Gasteiger partial charge on any atom is 0.335 e. The molecule has 0 amide bonds. The number of aliphatic hydroxyl groups excluding tert-OH is 1. The van der Waals surface area contributed by atoms with Gasteiger partial charge in [-0.25, -0.2) is 9.48 Å². The van der Waals surface area contributed by atoms with E-state index in [-0.39, 0.29) is 5.56 Å². The number of aromatic carboxylic acids is 1. The van der Waals surface area contributed by atoms with E-state index in [2.05, 4.69) is 5.10 Å². The fraction of sp³-hybridized carbons (Fsp3) is 0.300. The number of benzene rings is 2. The Morgan fingerprint density at radius 2 is 2.00 bits per heavy atom. The number of hydrogen-bond donors (Lipinski definition) is 2. The van der Waals surface area contributed by atoms with Crippen LogP contribution in [-0.4, -0.2) is 39.2 Å². The van der Waals surface area contributed by atoms with Crippen LogP contribution in [0.2, 0.25) is 0 Å². The Hall–Kier alpha value is -2.70. The van der Waals surface area contributed by atoms with E-state index in [0.29, 0.717) is 12.5 Å². The first-order valence-corrected chi connectivity index (χ1v) is 8.69. The van der Waals surface area contributed by atoms with Crippen LogP contribution in [0.25, 0.3) is 16.6 Å². The van der Waals surface area contributed by atoms with Gasteiger partial charge in [0.1, 0.15) is 6.10 Å². The Kier molecular flexibility index (Phi) is 4.44. The molecule has 0 aliphatic heterocycles. The lowest BCUT2D eigenvalue weighted by molar-refractivity contribution is 0.0315. The molecule has 0 radical (unpaired) electrons. The van der Waals surface area contributed by atoms with Gasteiger partial charge in [-0.2, -0.15) is 5.10 Å². The smallest absolute Gasteiger partial charge is 0.335 e. The van der Waals surface area contributed by atoms with Crippen LogP contribution in [0.5, 0.6) is 0 Å². The molecule has 2 aromatic carbocycles. The van der Waals surface area contributed by atoms with Gasteiger partial charge in [0.05, 0.1) is 29.6 Å². The van der Waals surface area contributed by atoms with Gasteiger partial charge in [-0.1, -0.05) is 6.07 Å². The lowest BCUT2D eigenvalue weighted by Gasteiger charge is -2.12. The van der Waals surface area contributed by atoms with Crippen molar-refractivity contribution in [3.8, 4) is 5.69 Å². The molecule has 6 heteroatoms. The van der Waals surface area contributed by atoms with E-state index in [1.165, 1.54) is 12.8 Å². The molecule has 1 atom stereocenters. The lowest BCUT2D eigenvalue weighted by atomic mass is 10.1. The van der Waals surface area contributed by atoms with Gasteiger partial charge in [-0.05, 0) is 60.7 Å². The zero-order chi connectivity index (χ0) is 18.1. The van der Waals surface area contributed by atoms with Gasteiger partial charge in [0.25, 0.3) is 0 Å². The Morgan fingerprint density at radius 3 is 2.69 bits per heavy atom. The monoisotopic (exact) mass is 352 g/mol. The van der Waals surface area contributed by atoms with Crippen LogP contribution < -0.4 is 0 Å². The summed E-state index contributed by atoms with van der Waals surface area (Å²) >= 11 is 0. The summed E-state index contributed by atoms with van der Waals surface area (Å²) in [6, 6.07) is 12.3. The van der Waals surface area contributed by atoms with Gasteiger partial charge in [-0.15, -0.1) is 0 Å². The molecular weight excluding hydrogens is 332 g/mol. The summed E-state index contributed by atoms with van der Waals surface area (Å²) in [6.07, 6.45) is 3.54. The maximum atomic E-state index is 11.0. The van der Waals surface area contributed by atoms with Gasteiger partial charge >= 0.3 is 5.97 Å². The van der Waals surface area contributed by atoms with Crippen molar-refractivity contribution in [1.82, 2.24) is 9.78 Å². The zero-order valence-electron chi connectivity index (χ0n) is 14.2. The van der Waals surface area contributed by atoms with Gasteiger partial charge in [0.2, 0.25) is 0 Å². The average molecular weight is 352 g/mol. The van der Waals surface area contributed by atoms with Crippen LogP contribution >= 0.6 is 0 Å². The minimum atomic E-state index is -0.954. The van der Waals surface area contributed by atoms with Crippen molar-refractivity contribution >= 4 is 16.9 Å². The Labute approximate surface area is 150 Å². The Bertz CT molecular complexity index is 929. The number of carbonyl (C=O) groups is 1. The topological polar surface area (TPSA) is 84.6 Å². The predicted octanol–water partition coefficient (Wildman–Crippen LogP) is 3.18. The van der Waals surface area contributed by atoms with E-state index < -0.39 is 12.1 Å². The van der Waals surface area contributed by atoms with E-state index in [0.717, 1.165) is 28.8 Å². The van der Waals surface area contributed by atoms with Crippen molar-refractivity contribution in [2.24, 2.45) is 5.92 Å². The molecule has 1 fully saturated rings. The van der Waals surface area contributed by atoms with E-state index >= 15 is 0 Å². The molecule has 2 N–H and O–H groups in total. The highest BCUT2D eigenvalue weighted by Crippen LogP contribution is 2.29. The average Bonchev–Trinajstić information content (AvgIpc) is 3.38. The van der Waals surface area contributed by atoms with Crippen molar-refractivity contribution in [3.63, 3.8) is 0 Å². The molecule has 1 aromatic heterocycles. The summed E-state index contributed by atoms with van der Waals surface area (Å²) in [5, 5.41) is 24.6. The standard InChI is InChI=1S/C20H20N2O4/c23-19(12-26-11-13-1-2-13)15-5-8-18-16(9-15)10-21-22(18)17-6-3-14(4-7-17)20(24)25/h3-10,13,19,23H,1-2,11-12H2,(H,24,25)/t19-/m0/s1. The molecule has 134 valence electrons. The van der Waals surface area contributed by atoms with Gasteiger partial charge < -0.3 is 14.9 Å². The molecule has 1 aliphatic rings. The third-order valence-corrected chi connectivity index (χ3v) is 4.66. The van der Waals surface area contributed by atoms with E-state index in [1.807, 2.05) is 18.2 Å². The van der Waals surface area contributed by atoms with Crippen molar-refractivity contribution in [3.05, 3.63) is 59.8 Å². The molecular formula is C20H20N2O4. The van der Waals surface area contributed by atoms with Crippen LogP contribution in [0.1, 0.15) is 34.9 Å². The van der Waals surface area contributed by atoms with Crippen LogP contribution in [0.3, 0.4) is 0 Å². The number of aliphatic hydroxyl groups is 1. The summed E-state index contributed by atoms with van der Waals surface area (Å²) in [4.78, 5) is 11.0. The summed E-state index contributed by atoms with van der Waals surface area (Å²) in [5.74, 6) is -0.278. The summed E-state index contributed by atoms with van der Waals surface area (Å²) in [7, 11) is 0. The highest BCUT2D eigenvalue weighted by molar-refractivity contribution is 5.88. The quantitative estimate of drug-likeness (QED) is 0.682. The second-order valence-electron chi connectivity index (χ2n) is 6.72. The van der Waals surface area contributed by atoms with Gasteiger partial charge in [0.15, 0.2) is 0 Å². The largest absolute Gasteiger partial charge is 0.478 e. The van der Waals surface area contributed by atoms with Crippen LogP contribution in [-0.2, 0) is 4.74 Å². The van der Waals surface area contributed by atoms with Gasteiger partial charge in [-0.3, -0.25) is 0 Å². The lowest BCUT2D eigenvalue weighted by Crippen LogP contribution is -2.08. The molecule has 3 aromatic rings. The van der Waals surface area contributed by atoms with E-state index in [1.54, 1.807) is 35.1 Å². The van der Waals surface area contributed by atoms with Crippen molar-refractivity contribution < 1.29 is 19.7 Å². The minimum Gasteiger partial charge on any atom is -0.478 e. The fourth-order valence-electron chi connectivity index (χ4n) is 2.94. The minimum absolute atomic E-state index is 0.238. The van der Waals surface area contributed by atoms with Crippen molar-refractivity contribution in [1.29, 1.82) is 0 Å². The van der Waals surface area contributed by atoms with Crippen molar-refractivity contribution in [2.75, 3.05) is 13.2 Å². The molecule has 0 unspecified atom stereocenters. The molecule has 6 nitrogen and oxygen atoms in total. The maximum absolute atomic E-state index is 11.0. The van der Waals surface area contributed by atoms with E-state index in [4.69, 9.17) is 9.84 Å². The summed E-state index contributed by atoms with van der Waals surface area (Å²) in [5.41, 5.74) is 2.71. The number of carboxylic acid groups (broad SMARTS) is 1.